The van der Waals surface area contributed by atoms with Crippen LogP contribution in [0.25, 0.3) is 10.1 Å². The van der Waals surface area contributed by atoms with Crippen molar-refractivity contribution < 1.29 is 0 Å². The molecule has 0 aliphatic carbocycles. The second-order valence-electron chi connectivity index (χ2n) is 3.15. The molecule has 0 fully saturated rings. The van der Waals surface area contributed by atoms with Gasteiger partial charge in [-0.3, -0.25) is 0 Å². The molecule has 14 heavy (non-hydrogen) atoms. The van der Waals surface area contributed by atoms with Gasteiger partial charge in [-0.05, 0) is 34.4 Å². The zero-order chi connectivity index (χ0) is 10.1. The first kappa shape index (κ1) is 10.5. The van der Waals surface area contributed by atoms with Crippen molar-refractivity contribution in [2.45, 2.75) is 19.2 Å². The summed E-state index contributed by atoms with van der Waals surface area (Å²) < 4.78 is 2.58. The van der Waals surface area contributed by atoms with Crippen LogP contribution in [0.1, 0.15) is 18.1 Å². The van der Waals surface area contributed by atoms with E-state index in [0.29, 0.717) is 5.88 Å². The van der Waals surface area contributed by atoms with E-state index in [1.54, 1.807) is 11.3 Å². The fourth-order valence-electron chi connectivity index (χ4n) is 1.62. The Labute approximate surface area is 101 Å². The molecule has 3 heteroatoms. The Morgan fingerprint density at radius 2 is 2.21 bits per heavy atom. The van der Waals surface area contributed by atoms with Crippen LogP contribution >= 0.6 is 38.9 Å². The Bertz CT molecular complexity index is 462. The first-order chi connectivity index (χ1) is 6.77. The predicted octanol–water partition coefficient (Wildman–Crippen LogP) is 4.97. The Morgan fingerprint density at radius 1 is 1.43 bits per heavy atom. The minimum atomic E-state index is 0.602. The molecule has 1 heterocycles. The van der Waals surface area contributed by atoms with Crippen LogP contribution in [-0.2, 0) is 12.3 Å². The molecule has 0 N–H and O–H groups in total. The van der Waals surface area contributed by atoms with Gasteiger partial charge in [-0.25, -0.2) is 0 Å². The third kappa shape index (κ3) is 1.60. The van der Waals surface area contributed by atoms with E-state index in [0.717, 1.165) is 6.42 Å². The highest BCUT2D eigenvalue weighted by molar-refractivity contribution is 9.10. The summed E-state index contributed by atoms with van der Waals surface area (Å²) in [7, 11) is 0. The highest BCUT2D eigenvalue weighted by atomic mass is 79.9. The molecule has 2 aromatic rings. The Balaban J connectivity index is 2.76. The zero-order valence-corrected chi connectivity index (χ0v) is 11.0. The van der Waals surface area contributed by atoms with Gasteiger partial charge >= 0.3 is 0 Å². The van der Waals surface area contributed by atoms with Crippen molar-refractivity contribution in [3.05, 3.63) is 33.1 Å². The lowest BCUT2D eigenvalue weighted by molar-refractivity contribution is 1.15. The topological polar surface area (TPSA) is 0 Å². The van der Waals surface area contributed by atoms with Crippen LogP contribution in [0.15, 0.2) is 22.0 Å². The zero-order valence-electron chi connectivity index (χ0n) is 7.81. The molecule has 0 nitrogen and oxygen atoms in total. The van der Waals surface area contributed by atoms with Crippen molar-refractivity contribution in [2.24, 2.45) is 0 Å². The van der Waals surface area contributed by atoms with E-state index in [1.165, 1.54) is 25.7 Å². The third-order valence-corrected chi connectivity index (χ3v) is 4.50. The van der Waals surface area contributed by atoms with Crippen molar-refractivity contribution in [3.63, 3.8) is 0 Å². The Morgan fingerprint density at radius 3 is 2.86 bits per heavy atom. The Hall–Kier alpha value is -0.0500. The molecule has 0 amide bonds. The van der Waals surface area contributed by atoms with Gasteiger partial charge in [0.25, 0.3) is 0 Å². The van der Waals surface area contributed by atoms with Crippen LogP contribution in [0.2, 0.25) is 0 Å². The molecular weight excluding hydrogens is 280 g/mol. The fourth-order valence-corrected chi connectivity index (χ4v) is 3.87. The molecule has 0 spiro atoms. The lowest BCUT2D eigenvalue weighted by Gasteiger charge is -2.03. The summed E-state index contributed by atoms with van der Waals surface area (Å²) in [4.78, 5) is 0. The van der Waals surface area contributed by atoms with E-state index in [1.807, 2.05) is 0 Å². The molecule has 74 valence electrons. The molecule has 0 aliphatic heterocycles. The molecule has 0 atom stereocenters. The molecule has 2 rings (SSSR count). The quantitative estimate of drug-likeness (QED) is 0.685. The lowest BCUT2D eigenvalue weighted by Crippen LogP contribution is -1.83. The predicted molar refractivity (Wildman–Crippen MR) is 68.5 cm³/mol. The van der Waals surface area contributed by atoms with E-state index in [-0.39, 0.29) is 0 Å². The maximum atomic E-state index is 5.88. The number of rotatable bonds is 2. The second-order valence-corrected chi connectivity index (χ2v) is 5.15. The summed E-state index contributed by atoms with van der Waals surface area (Å²) >= 11 is 11.2. The van der Waals surface area contributed by atoms with Gasteiger partial charge < -0.3 is 0 Å². The molecule has 0 aliphatic rings. The molecule has 0 radical (unpaired) electrons. The maximum Gasteiger partial charge on any atom is 0.0488 e. The molecule has 0 bridgehead atoms. The molecular formula is C11H10BrClS. The first-order valence-electron chi connectivity index (χ1n) is 4.51. The minimum Gasteiger partial charge on any atom is -0.143 e. The van der Waals surface area contributed by atoms with Gasteiger partial charge in [0.2, 0.25) is 0 Å². The summed E-state index contributed by atoms with van der Waals surface area (Å²) in [5, 5.41) is 3.47. The molecule has 0 saturated heterocycles. The number of thiophene rings is 1. The number of halogens is 2. The number of benzene rings is 1. The third-order valence-electron chi connectivity index (χ3n) is 2.37. The van der Waals surface area contributed by atoms with Crippen molar-refractivity contribution in [1.29, 1.82) is 0 Å². The highest BCUT2D eigenvalue weighted by Gasteiger charge is 2.08. The van der Waals surface area contributed by atoms with Crippen molar-refractivity contribution >= 4 is 49.0 Å². The smallest absolute Gasteiger partial charge is 0.0488 e. The monoisotopic (exact) mass is 288 g/mol. The van der Waals surface area contributed by atoms with E-state index >= 15 is 0 Å². The van der Waals surface area contributed by atoms with Crippen molar-refractivity contribution in [3.8, 4) is 0 Å². The van der Waals surface area contributed by atoms with Gasteiger partial charge in [-0.15, -0.1) is 22.9 Å². The van der Waals surface area contributed by atoms with Gasteiger partial charge in [0.15, 0.2) is 0 Å². The van der Waals surface area contributed by atoms with Gasteiger partial charge in [-0.2, -0.15) is 0 Å². The van der Waals surface area contributed by atoms with Gasteiger partial charge in [0, 0.05) is 15.1 Å². The van der Waals surface area contributed by atoms with Gasteiger partial charge in [0.1, 0.15) is 0 Å². The average molecular weight is 290 g/mol. The first-order valence-corrected chi connectivity index (χ1v) is 6.72. The molecule has 0 saturated carbocycles. The summed E-state index contributed by atoms with van der Waals surface area (Å²) in [6.07, 6.45) is 1.06. The second kappa shape index (κ2) is 4.21. The van der Waals surface area contributed by atoms with E-state index in [4.69, 9.17) is 11.6 Å². The van der Waals surface area contributed by atoms with Crippen LogP contribution in [0.3, 0.4) is 0 Å². The summed E-state index contributed by atoms with van der Waals surface area (Å²) in [5.74, 6) is 0.602. The molecule has 1 aromatic carbocycles. The standard InChI is InChI=1S/C11H10BrClS/c1-2-8-10(12)4-3-9-7(5-13)6-14-11(8)9/h3-4,6H,2,5H2,1H3. The van der Waals surface area contributed by atoms with Crippen LogP contribution in [-0.4, -0.2) is 0 Å². The maximum absolute atomic E-state index is 5.88. The van der Waals surface area contributed by atoms with Crippen molar-refractivity contribution in [1.82, 2.24) is 0 Å². The van der Waals surface area contributed by atoms with E-state index in [9.17, 15) is 0 Å². The van der Waals surface area contributed by atoms with Crippen LogP contribution in [0.4, 0.5) is 0 Å². The molecule has 1 aromatic heterocycles. The Kier molecular flexibility index (Phi) is 3.15. The number of aryl methyl sites for hydroxylation is 1. The van der Waals surface area contributed by atoms with E-state index < -0.39 is 0 Å². The van der Waals surface area contributed by atoms with Crippen LogP contribution < -0.4 is 0 Å². The number of fused-ring (bicyclic) bond motifs is 1. The van der Waals surface area contributed by atoms with E-state index in [2.05, 4.69) is 40.4 Å². The lowest BCUT2D eigenvalue weighted by atomic mass is 10.1. The highest BCUT2D eigenvalue weighted by Crippen LogP contribution is 2.34. The van der Waals surface area contributed by atoms with Gasteiger partial charge in [0.05, 0.1) is 0 Å². The minimum absolute atomic E-state index is 0.602. The number of alkyl halides is 1. The average Bonchev–Trinajstić information content (AvgIpc) is 2.60. The summed E-state index contributed by atoms with van der Waals surface area (Å²) in [5.41, 5.74) is 2.64. The number of hydrogen-bond acceptors (Lipinski definition) is 1. The van der Waals surface area contributed by atoms with Gasteiger partial charge in [-0.1, -0.05) is 28.9 Å². The number of hydrogen-bond donors (Lipinski definition) is 0. The van der Waals surface area contributed by atoms with Crippen LogP contribution in [0.5, 0.6) is 0 Å². The largest absolute Gasteiger partial charge is 0.143 e. The normalized spacial score (nSPS) is 11.1. The fraction of sp³-hybridized carbons (Fsp3) is 0.273. The summed E-state index contributed by atoms with van der Waals surface area (Å²) in [6, 6.07) is 4.26. The van der Waals surface area contributed by atoms with Crippen LogP contribution in [0, 0.1) is 0 Å². The SMILES string of the molecule is CCc1c(Br)ccc2c(CCl)csc12. The molecule has 0 unspecified atom stereocenters. The summed E-state index contributed by atoms with van der Waals surface area (Å²) in [6.45, 7) is 2.18. The van der Waals surface area contributed by atoms with Crippen molar-refractivity contribution in [2.75, 3.05) is 0 Å².